The maximum absolute atomic E-state index is 11.8. The molecule has 1 aromatic carbocycles. The Labute approximate surface area is 182 Å². The van der Waals surface area contributed by atoms with E-state index in [1.807, 2.05) is 18.2 Å². The second-order valence-corrected chi connectivity index (χ2v) is 16.8. The number of benzene rings is 1. The normalized spacial score (nSPS) is 24.9. The molecule has 162 valence electrons. The van der Waals surface area contributed by atoms with Crippen LogP contribution in [0.15, 0.2) is 30.3 Å². The van der Waals surface area contributed by atoms with Gasteiger partial charge in [0.05, 0.1) is 0 Å². The molecule has 1 fully saturated rings. The summed E-state index contributed by atoms with van der Waals surface area (Å²) in [5, 5.41) is 3.16. The van der Waals surface area contributed by atoms with Crippen molar-refractivity contribution in [3.8, 4) is 0 Å². The van der Waals surface area contributed by atoms with Crippen molar-refractivity contribution in [2.45, 2.75) is 76.1 Å². The summed E-state index contributed by atoms with van der Waals surface area (Å²) in [5.41, 5.74) is 0. The van der Waals surface area contributed by atoms with E-state index in [-0.39, 0.29) is 54.8 Å². The first kappa shape index (κ1) is 24.1. The van der Waals surface area contributed by atoms with Crippen LogP contribution < -0.4 is 9.78 Å². The first-order chi connectivity index (χ1) is 13.4. The fourth-order valence-corrected chi connectivity index (χ4v) is 7.33. The minimum absolute atomic E-state index is 0.0934. The van der Waals surface area contributed by atoms with Crippen molar-refractivity contribution < 1.29 is 18.8 Å². The second kappa shape index (κ2) is 9.78. The molecule has 1 amide bonds. The van der Waals surface area contributed by atoms with Crippen LogP contribution in [-0.4, -0.2) is 53.9 Å². The van der Waals surface area contributed by atoms with E-state index in [0.29, 0.717) is 6.61 Å². The number of carbonyl (C=O) groups is 2. The Bertz CT molecular complexity index is 705. The summed E-state index contributed by atoms with van der Waals surface area (Å²) in [4.78, 5) is 23.8. The molecule has 0 aromatic heterocycles. The maximum atomic E-state index is 11.8. The Morgan fingerprint density at radius 3 is 2.31 bits per heavy atom. The van der Waals surface area contributed by atoms with E-state index in [2.05, 4.69) is 51.3 Å². The Hall–Kier alpha value is -1.14. The molecule has 1 saturated carbocycles. The van der Waals surface area contributed by atoms with E-state index >= 15 is 0 Å². The number of rotatable bonds is 7. The van der Waals surface area contributed by atoms with Crippen molar-refractivity contribution in [2.24, 2.45) is 5.92 Å². The van der Waals surface area contributed by atoms with Gasteiger partial charge in [-0.05, 0) is 0 Å². The van der Waals surface area contributed by atoms with Crippen LogP contribution >= 0.6 is 0 Å². The van der Waals surface area contributed by atoms with Gasteiger partial charge in [-0.25, -0.2) is 0 Å². The van der Waals surface area contributed by atoms with Crippen LogP contribution in [0.5, 0.6) is 0 Å². The van der Waals surface area contributed by atoms with E-state index < -0.39 is 8.32 Å². The van der Waals surface area contributed by atoms with Gasteiger partial charge in [-0.15, -0.1) is 0 Å². The standard InChI is InChI=1S/C22H35NO4SeSi/c1-15(24)23-19-13-17(14-26-29(6,7)22(3,4)5)21(20(19)27-16(2)25)28-18-11-9-8-10-12-18/h8-12,17,19-21H,13-14H2,1-7H3,(H,23,24)/t17-,19-,20-,21-/m1/s1. The molecule has 2 rings (SSSR count). The topological polar surface area (TPSA) is 64.6 Å². The molecule has 0 saturated heterocycles. The van der Waals surface area contributed by atoms with Crippen LogP contribution in [0.4, 0.5) is 0 Å². The summed E-state index contributed by atoms with van der Waals surface area (Å²) in [7, 11) is -1.89. The SMILES string of the molecule is CC(=O)N[C@@H]1C[C@H](CO[Si](C)(C)C(C)(C)C)[C@@H]([Se]c2ccccc2)[C@@H]1OC(C)=O. The number of esters is 1. The third-order valence-electron chi connectivity index (χ3n) is 5.91. The monoisotopic (exact) mass is 485 g/mol. The predicted molar refractivity (Wildman–Crippen MR) is 120 cm³/mol. The van der Waals surface area contributed by atoms with Gasteiger partial charge < -0.3 is 0 Å². The van der Waals surface area contributed by atoms with Crippen molar-refractivity contribution in [3.63, 3.8) is 0 Å². The summed E-state index contributed by atoms with van der Waals surface area (Å²) in [6, 6.07) is 10.2. The van der Waals surface area contributed by atoms with Gasteiger partial charge in [0, 0.05) is 0 Å². The van der Waals surface area contributed by atoms with Crippen molar-refractivity contribution >= 4 is 39.6 Å². The zero-order valence-corrected chi connectivity index (χ0v) is 21.4. The first-order valence-electron chi connectivity index (χ1n) is 10.2. The third kappa shape index (κ3) is 6.68. The van der Waals surface area contributed by atoms with Gasteiger partial charge in [-0.2, -0.15) is 0 Å². The van der Waals surface area contributed by atoms with E-state index in [9.17, 15) is 9.59 Å². The van der Waals surface area contributed by atoms with Crippen LogP contribution in [0.3, 0.4) is 0 Å². The Morgan fingerprint density at radius 1 is 1.17 bits per heavy atom. The average molecular weight is 485 g/mol. The van der Waals surface area contributed by atoms with E-state index in [1.165, 1.54) is 18.3 Å². The fraction of sp³-hybridized carbons (Fsp3) is 0.636. The summed E-state index contributed by atoms with van der Waals surface area (Å²) in [6.45, 7) is 14.8. The van der Waals surface area contributed by atoms with Gasteiger partial charge in [-0.3, -0.25) is 0 Å². The van der Waals surface area contributed by atoms with Crippen LogP contribution in [0, 0.1) is 5.92 Å². The van der Waals surface area contributed by atoms with Gasteiger partial charge >= 0.3 is 183 Å². The molecule has 4 atom stereocenters. The molecule has 0 unspecified atom stereocenters. The molecule has 0 radical (unpaired) electrons. The second-order valence-electron chi connectivity index (χ2n) is 9.34. The van der Waals surface area contributed by atoms with Gasteiger partial charge in [-0.1, -0.05) is 0 Å². The predicted octanol–water partition coefficient (Wildman–Crippen LogP) is 3.28. The fourth-order valence-electron chi connectivity index (χ4n) is 3.35. The van der Waals surface area contributed by atoms with Crippen LogP contribution in [0.1, 0.15) is 41.0 Å². The van der Waals surface area contributed by atoms with Gasteiger partial charge in [0.2, 0.25) is 0 Å². The number of amides is 1. The summed E-state index contributed by atoms with van der Waals surface area (Å²) in [6.07, 6.45) is 0.454. The van der Waals surface area contributed by atoms with Crippen LogP contribution in [0.2, 0.25) is 22.9 Å². The molecule has 1 aromatic rings. The first-order valence-corrected chi connectivity index (χ1v) is 15.0. The number of carbonyl (C=O) groups excluding carboxylic acids is 2. The molecular formula is C22H35NO4SeSi. The van der Waals surface area contributed by atoms with Crippen LogP contribution in [0.25, 0.3) is 0 Å². The van der Waals surface area contributed by atoms with Gasteiger partial charge in [0.25, 0.3) is 0 Å². The van der Waals surface area contributed by atoms with Crippen molar-refractivity contribution in [2.75, 3.05) is 6.61 Å². The third-order valence-corrected chi connectivity index (χ3v) is 13.5. The molecule has 5 nitrogen and oxygen atoms in total. The van der Waals surface area contributed by atoms with Gasteiger partial charge in [0.15, 0.2) is 0 Å². The minimum atomic E-state index is -1.89. The number of hydrogen-bond donors (Lipinski definition) is 1. The van der Waals surface area contributed by atoms with E-state index in [4.69, 9.17) is 9.16 Å². The Kier molecular flexibility index (Phi) is 8.13. The summed E-state index contributed by atoms with van der Waals surface area (Å²) < 4.78 is 13.6. The average Bonchev–Trinajstić information content (AvgIpc) is 2.89. The summed E-state index contributed by atoms with van der Waals surface area (Å²) >= 11 is 0.107. The van der Waals surface area contributed by atoms with Gasteiger partial charge in [0.1, 0.15) is 0 Å². The zero-order chi connectivity index (χ0) is 21.8. The molecule has 29 heavy (non-hydrogen) atoms. The Morgan fingerprint density at radius 2 is 1.79 bits per heavy atom. The van der Waals surface area contributed by atoms with Crippen LogP contribution in [-0.2, 0) is 18.8 Å². The molecule has 7 heteroatoms. The van der Waals surface area contributed by atoms with Crippen molar-refractivity contribution in [1.29, 1.82) is 0 Å². The number of hydrogen-bond acceptors (Lipinski definition) is 4. The molecule has 0 heterocycles. The molecule has 0 spiro atoms. The van der Waals surface area contributed by atoms with Crippen molar-refractivity contribution in [1.82, 2.24) is 5.32 Å². The number of nitrogens with one attached hydrogen (secondary N) is 1. The van der Waals surface area contributed by atoms with E-state index in [0.717, 1.165) is 6.42 Å². The van der Waals surface area contributed by atoms with Crippen molar-refractivity contribution in [3.05, 3.63) is 30.3 Å². The molecule has 1 aliphatic rings. The number of ether oxygens (including phenoxy) is 1. The molecular weight excluding hydrogens is 449 g/mol. The molecule has 1 N–H and O–H groups in total. The summed E-state index contributed by atoms with van der Waals surface area (Å²) in [5.74, 6) is -0.153. The molecule has 0 aliphatic heterocycles. The van der Waals surface area contributed by atoms with E-state index in [1.54, 1.807) is 0 Å². The molecule has 1 aliphatic carbocycles. The quantitative estimate of drug-likeness (QED) is 0.477. The zero-order valence-electron chi connectivity index (χ0n) is 18.7. The molecule has 0 bridgehead atoms. The Balaban J connectivity index is 2.26.